The molecule has 0 spiro atoms. The van der Waals surface area contributed by atoms with Crippen LogP contribution in [0.3, 0.4) is 0 Å². The fourth-order valence-corrected chi connectivity index (χ4v) is 4.15. The first-order chi connectivity index (χ1) is 14.0. The fraction of sp³-hybridized carbons (Fsp3) is 0.348. The summed E-state index contributed by atoms with van der Waals surface area (Å²) in [5.74, 6) is 0.207. The second-order valence-electron chi connectivity index (χ2n) is 7.82. The summed E-state index contributed by atoms with van der Waals surface area (Å²) in [7, 11) is 4.12. The molecule has 3 aromatic rings. The van der Waals surface area contributed by atoms with Crippen molar-refractivity contribution in [1.29, 1.82) is 0 Å². The van der Waals surface area contributed by atoms with E-state index >= 15 is 0 Å². The lowest BCUT2D eigenvalue weighted by atomic mass is 9.93. The standard InChI is InChI=1S/C23H27ClN4O/c1-27(2)18-7-5-6-16(14-18)12-13-25-17-10-11-21-19(15-17)23(29)28(26-21)22-9-4-3-8-20(22)24/h3-9,14,17,25,29H,10-13,15H2,1-2H3. The lowest BCUT2D eigenvalue weighted by molar-refractivity contribution is 0.414. The van der Waals surface area contributed by atoms with E-state index in [1.54, 1.807) is 4.68 Å². The van der Waals surface area contributed by atoms with Gasteiger partial charge in [-0.05, 0) is 62.1 Å². The van der Waals surface area contributed by atoms with Gasteiger partial charge in [0.2, 0.25) is 5.88 Å². The van der Waals surface area contributed by atoms with Crippen molar-refractivity contribution in [3.63, 3.8) is 0 Å². The monoisotopic (exact) mass is 410 g/mol. The van der Waals surface area contributed by atoms with Gasteiger partial charge in [0.25, 0.3) is 0 Å². The first-order valence-electron chi connectivity index (χ1n) is 10.1. The molecule has 1 aliphatic carbocycles. The Kier molecular flexibility index (Phi) is 5.79. The maximum Gasteiger partial charge on any atom is 0.217 e. The number of aromatic nitrogens is 2. The molecule has 0 amide bonds. The Hall–Kier alpha value is -2.50. The third kappa shape index (κ3) is 4.26. The van der Waals surface area contributed by atoms with E-state index in [1.165, 1.54) is 11.3 Å². The number of aryl methyl sites for hydroxylation is 1. The number of nitrogens with one attached hydrogen (secondary N) is 1. The van der Waals surface area contributed by atoms with Crippen molar-refractivity contribution >= 4 is 17.3 Å². The van der Waals surface area contributed by atoms with E-state index in [0.29, 0.717) is 16.8 Å². The van der Waals surface area contributed by atoms with Crippen LogP contribution in [0, 0.1) is 0 Å². The molecule has 4 rings (SSSR count). The van der Waals surface area contributed by atoms with Crippen molar-refractivity contribution in [3.8, 4) is 11.6 Å². The highest BCUT2D eigenvalue weighted by Gasteiger charge is 2.26. The van der Waals surface area contributed by atoms with Crippen molar-refractivity contribution in [2.45, 2.75) is 31.7 Å². The van der Waals surface area contributed by atoms with Crippen LogP contribution in [0.25, 0.3) is 5.69 Å². The van der Waals surface area contributed by atoms with Gasteiger partial charge in [-0.1, -0.05) is 35.9 Å². The van der Waals surface area contributed by atoms with E-state index in [2.05, 4.69) is 53.7 Å². The maximum absolute atomic E-state index is 10.8. The molecule has 0 fully saturated rings. The van der Waals surface area contributed by atoms with Gasteiger partial charge in [-0.25, -0.2) is 0 Å². The predicted octanol–water partition coefficient (Wildman–Crippen LogP) is 3.99. The Morgan fingerprint density at radius 3 is 2.83 bits per heavy atom. The number of anilines is 1. The second kappa shape index (κ2) is 8.47. The number of aromatic hydroxyl groups is 1. The number of halogens is 1. The topological polar surface area (TPSA) is 53.3 Å². The zero-order valence-corrected chi connectivity index (χ0v) is 17.7. The lowest BCUT2D eigenvalue weighted by Gasteiger charge is -2.22. The quantitative estimate of drug-likeness (QED) is 0.645. The lowest BCUT2D eigenvalue weighted by Crippen LogP contribution is -2.35. The van der Waals surface area contributed by atoms with Crippen LogP contribution in [0.1, 0.15) is 23.2 Å². The third-order valence-corrected chi connectivity index (χ3v) is 5.89. The number of benzene rings is 2. The van der Waals surface area contributed by atoms with Crippen molar-refractivity contribution in [1.82, 2.24) is 15.1 Å². The van der Waals surface area contributed by atoms with Crippen LogP contribution in [-0.2, 0) is 19.3 Å². The normalized spacial score (nSPS) is 15.9. The van der Waals surface area contributed by atoms with Gasteiger partial charge in [0.1, 0.15) is 0 Å². The number of rotatable bonds is 6. The minimum absolute atomic E-state index is 0.207. The first kappa shape index (κ1) is 19.8. The average molecular weight is 411 g/mol. The Bertz CT molecular complexity index is 998. The van der Waals surface area contributed by atoms with E-state index in [0.717, 1.165) is 43.5 Å². The van der Waals surface area contributed by atoms with Gasteiger partial charge in [0, 0.05) is 31.4 Å². The van der Waals surface area contributed by atoms with Gasteiger partial charge in [0.05, 0.1) is 16.4 Å². The zero-order chi connectivity index (χ0) is 20.4. The zero-order valence-electron chi connectivity index (χ0n) is 16.9. The number of nitrogens with zero attached hydrogens (tertiary/aromatic N) is 3. The molecule has 0 radical (unpaired) electrons. The molecule has 0 bridgehead atoms. The van der Waals surface area contributed by atoms with E-state index < -0.39 is 0 Å². The average Bonchev–Trinajstić information content (AvgIpc) is 3.05. The summed E-state index contributed by atoms with van der Waals surface area (Å²) in [5.41, 5.74) is 5.17. The number of fused-ring (bicyclic) bond motifs is 1. The van der Waals surface area contributed by atoms with E-state index in [4.69, 9.17) is 11.6 Å². The molecule has 1 unspecified atom stereocenters. The van der Waals surface area contributed by atoms with Crippen molar-refractivity contribution in [2.75, 3.05) is 25.5 Å². The summed E-state index contributed by atoms with van der Waals surface area (Å²) in [6.07, 6.45) is 3.64. The molecule has 0 saturated carbocycles. The van der Waals surface area contributed by atoms with Crippen molar-refractivity contribution in [3.05, 3.63) is 70.4 Å². The summed E-state index contributed by atoms with van der Waals surface area (Å²) in [6, 6.07) is 16.4. The summed E-state index contributed by atoms with van der Waals surface area (Å²) in [5, 5.41) is 19.6. The molecule has 29 heavy (non-hydrogen) atoms. The van der Waals surface area contributed by atoms with Gasteiger partial charge >= 0.3 is 0 Å². The molecule has 6 heteroatoms. The summed E-state index contributed by atoms with van der Waals surface area (Å²) in [6.45, 7) is 0.913. The molecule has 1 aliphatic rings. The smallest absolute Gasteiger partial charge is 0.217 e. The van der Waals surface area contributed by atoms with Gasteiger partial charge in [-0.3, -0.25) is 0 Å². The molecule has 0 aliphatic heterocycles. The van der Waals surface area contributed by atoms with Gasteiger partial charge in [0.15, 0.2) is 0 Å². The third-order valence-electron chi connectivity index (χ3n) is 5.57. The van der Waals surface area contributed by atoms with Crippen LogP contribution < -0.4 is 10.2 Å². The molecular formula is C23H27ClN4O. The Morgan fingerprint density at radius 1 is 1.21 bits per heavy atom. The van der Waals surface area contributed by atoms with Crippen LogP contribution in [0.15, 0.2) is 48.5 Å². The molecule has 0 saturated heterocycles. The van der Waals surface area contributed by atoms with Gasteiger partial charge < -0.3 is 15.3 Å². The number of hydrogen-bond donors (Lipinski definition) is 2. The molecular weight excluding hydrogens is 384 g/mol. The predicted molar refractivity (Wildman–Crippen MR) is 119 cm³/mol. The minimum Gasteiger partial charge on any atom is -0.493 e. The Labute approximate surface area is 176 Å². The molecule has 1 heterocycles. The summed E-state index contributed by atoms with van der Waals surface area (Å²) < 4.78 is 1.57. The molecule has 1 atom stereocenters. The van der Waals surface area contributed by atoms with Crippen LogP contribution >= 0.6 is 11.6 Å². The SMILES string of the molecule is CN(C)c1cccc(CCNC2CCc3nn(-c4ccccc4Cl)c(O)c3C2)c1. The van der Waals surface area contributed by atoms with Crippen LogP contribution in [0.4, 0.5) is 5.69 Å². The number of para-hydroxylation sites is 1. The van der Waals surface area contributed by atoms with Gasteiger partial charge in [-0.2, -0.15) is 9.78 Å². The highest BCUT2D eigenvalue weighted by Crippen LogP contribution is 2.33. The molecule has 2 N–H and O–H groups in total. The van der Waals surface area contributed by atoms with Gasteiger partial charge in [-0.15, -0.1) is 0 Å². The molecule has 1 aromatic heterocycles. The molecule has 152 valence electrons. The fourth-order valence-electron chi connectivity index (χ4n) is 3.93. The Balaban J connectivity index is 1.40. The van der Waals surface area contributed by atoms with Crippen LogP contribution in [0.2, 0.25) is 5.02 Å². The van der Waals surface area contributed by atoms with E-state index in [9.17, 15) is 5.11 Å². The highest BCUT2D eigenvalue weighted by molar-refractivity contribution is 6.32. The van der Waals surface area contributed by atoms with Crippen LogP contribution in [0.5, 0.6) is 5.88 Å². The second-order valence-corrected chi connectivity index (χ2v) is 8.23. The first-order valence-corrected chi connectivity index (χ1v) is 10.4. The minimum atomic E-state index is 0.207. The summed E-state index contributed by atoms with van der Waals surface area (Å²) >= 11 is 6.29. The number of hydrogen-bond acceptors (Lipinski definition) is 4. The van der Waals surface area contributed by atoms with Crippen molar-refractivity contribution in [2.24, 2.45) is 0 Å². The molecule has 5 nitrogen and oxygen atoms in total. The largest absolute Gasteiger partial charge is 0.493 e. The van der Waals surface area contributed by atoms with E-state index in [1.807, 2.05) is 24.3 Å². The van der Waals surface area contributed by atoms with E-state index in [-0.39, 0.29) is 5.88 Å². The summed E-state index contributed by atoms with van der Waals surface area (Å²) in [4.78, 5) is 2.12. The maximum atomic E-state index is 10.8. The van der Waals surface area contributed by atoms with Crippen LogP contribution in [-0.4, -0.2) is 41.6 Å². The van der Waals surface area contributed by atoms with Crippen molar-refractivity contribution < 1.29 is 5.11 Å². The molecule has 2 aromatic carbocycles. The highest BCUT2D eigenvalue weighted by atomic mass is 35.5. The Morgan fingerprint density at radius 2 is 2.03 bits per heavy atom.